The van der Waals surface area contributed by atoms with Crippen molar-refractivity contribution in [2.45, 2.75) is 13.3 Å². The van der Waals surface area contributed by atoms with E-state index in [0.29, 0.717) is 47.5 Å². The van der Waals surface area contributed by atoms with Crippen molar-refractivity contribution in [3.63, 3.8) is 0 Å². The number of nitriles is 1. The summed E-state index contributed by atoms with van der Waals surface area (Å²) in [6.45, 7) is 2.94. The molecular formula is C19H15Cl2NO5. The van der Waals surface area contributed by atoms with Crippen LogP contribution in [0.15, 0.2) is 24.3 Å². The van der Waals surface area contributed by atoms with E-state index in [0.717, 1.165) is 0 Å². The minimum atomic E-state index is -0.560. The Kier molecular flexibility index (Phi) is 5.94. The highest BCUT2D eigenvalue weighted by atomic mass is 35.5. The van der Waals surface area contributed by atoms with Crippen LogP contribution >= 0.6 is 23.2 Å². The number of halogens is 2. The maximum atomic E-state index is 12.4. The summed E-state index contributed by atoms with van der Waals surface area (Å²) in [5.74, 6) is 0.702. The molecule has 0 aliphatic carbocycles. The summed E-state index contributed by atoms with van der Waals surface area (Å²) in [5.41, 5.74) is 0.916. The SMILES string of the molecule is CCOc1cc(C#N)cc(Cl)c1OC(=O)Cc1cc(Cl)c2c(c1)OCCO2. The Morgan fingerprint density at radius 3 is 2.70 bits per heavy atom. The van der Waals surface area contributed by atoms with Gasteiger partial charge in [0.2, 0.25) is 0 Å². The summed E-state index contributed by atoms with van der Waals surface area (Å²) in [5, 5.41) is 9.52. The van der Waals surface area contributed by atoms with Crippen LogP contribution in [0.1, 0.15) is 18.1 Å². The first-order valence-corrected chi connectivity index (χ1v) is 8.92. The summed E-state index contributed by atoms with van der Waals surface area (Å²) in [7, 11) is 0. The smallest absolute Gasteiger partial charge is 0.315 e. The number of carbonyl (C=O) groups is 1. The summed E-state index contributed by atoms with van der Waals surface area (Å²) in [4.78, 5) is 12.4. The highest BCUT2D eigenvalue weighted by Gasteiger charge is 2.20. The minimum absolute atomic E-state index is 0.0573. The summed E-state index contributed by atoms with van der Waals surface area (Å²) in [6.07, 6.45) is -0.0573. The number of esters is 1. The molecule has 1 heterocycles. The third-order valence-corrected chi connectivity index (χ3v) is 4.22. The lowest BCUT2D eigenvalue weighted by atomic mass is 10.1. The van der Waals surface area contributed by atoms with Crippen LogP contribution in [-0.2, 0) is 11.2 Å². The molecule has 0 amide bonds. The Bertz CT molecular complexity index is 923. The standard InChI is InChI=1S/C19H15Cl2NO5/c1-2-24-16-8-12(10-22)6-14(21)19(16)27-17(23)9-11-5-13(20)18-15(7-11)25-3-4-26-18/h5-8H,2-4,9H2,1H3. The Balaban J connectivity index is 1.80. The van der Waals surface area contributed by atoms with Crippen LogP contribution in [0, 0.1) is 11.3 Å². The molecular weight excluding hydrogens is 393 g/mol. The molecule has 0 N–H and O–H groups in total. The highest BCUT2D eigenvalue weighted by Crippen LogP contribution is 2.39. The van der Waals surface area contributed by atoms with E-state index in [2.05, 4.69) is 0 Å². The fourth-order valence-corrected chi connectivity index (χ4v) is 3.11. The van der Waals surface area contributed by atoms with Gasteiger partial charge in [-0.2, -0.15) is 5.26 Å². The molecule has 0 atom stereocenters. The molecule has 0 saturated heterocycles. The topological polar surface area (TPSA) is 77.8 Å². The monoisotopic (exact) mass is 407 g/mol. The average molecular weight is 408 g/mol. The maximum Gasteiger partial charge on any atom is 0.315 e. The van der Waals surface area contributed by atoms with Gasteiger partial charge in [0.25, 0.3) is 0 Å². The van der Waals surface area contributed by atoms with Gasteiger partial charge in [-0.25, -0.2) is 0 Å². The molecule has 0 fully saturated rings. The molecule has 1 aliphatic heterocycles. The normalized spacial score (nSPS) is 12.2. The molecule has 0 bridgehead atoms. The second-order valence-electron chi connectivity index (χ2n) is 5.58. The predicted octanol–water partition coefficient (Wildman–Crippen LogP) is 4.18. The number of hydrogen-bond acceptors (Lipinski definition) is 6. The minimum Gasteiger partial charge on any atom is -0.490 e. The van der Waals surface area contributed by atoms with Crippen molar-refractivity contribution in [3.05, 3.63) is 45.4 Å². The fourth-order valence-electron chi connectivity index (χ4n) is 2.58. The van der Waals surface area contributed by atoms with Crippen LogP contribution in [0.3, 0.4) is 0 Å². The molecule has 6 nitrogen and oxygen atoms in total. The van der Waals surface area contributed by atoms with Crippen molar-refractivity contribution < 1.29 is 23.7 Å². The van der Waals surface area contributed by atoms with Crippen molar-refractivity contribution in [1.82, 2.24) is 0 Å². The third-order valence-electron chi connectivity index (χ3n) is 3.66. The Morgan fingerprint density at radius 2 is 1.96 bits per heavy atom. The van der Waals surface area contributed by atoms with Crippen LogP contribution < -0.4 is 18.9 Å². The molecule has 8 heteroatoms. The molecule has 0 saturated carbocycles. The third kappa shape index (κ3) is 4.38. The number of hydrogen-bond donors (Lipinski definition) is 0. The van der Waals surface area contributed by atoms with Crippen molar-refractivity contribution in [3.8, 4) is 29.1 Å². The summed E-state index contributed by atoms with van der Waals surface area (Å²) in [6, 6.07) is 8.17. The van der Waals surface area contributed by atoms with Gasteiger partial charge in [-0.3, -0.25) is 4.79 Å². The van der Waals surface area contributed by atoms with Gasteiger partial charge in [0.05, 0.1) is 34.7 Å². The van der Waals surface area contributed by atoms with Gasteiger partial charge in [-0.1, -0.05) is 23.2 Å². The van der Waals surface area contributed by atoms with E-state index in [1.54, 1.807) is 19.1 Å². The number of fused-ring (bicyclic) bond motifs is 1. The lowest BCUT2D eigenvalue weighted by Gasteiger charge is -2.20. The lowest BCUT2D eigenvalue weighted by Crippen LogP contribution is -2.17. The Hall–Kier alpha value is -2.62. The number of nitrogens with zero attached hydrogens (tertiary/aromatic N) is 1. The molecule has 0 spiro atoms. The van der Waals surface area contributed by atoms with Crippen LogP contribution in [0.2, 0.25) is 10.0 Å². The summed E-state index contributed by atoms with van der Waals surface area (Å²) < 4.78 is 21.8. The first kappa shape index (κ1) is 19.2. The molecule has 1 aliphatic rings. The predicted molar refractivity (Wildman–Crippen MR) is 99.1 cm³/mol. The van der Waals surface area contributed by atoms with E-state index >= 15 is 0 Å². The summed E-state index contributed by atoms with van der Waals surface area (Å²) >= 11 is 12.3. The van der Waals surface area contributed by atoms with E-state index in [4.69, 9.17) is 47.4 Å². The van der Waals surface area contributed by atoms with Crippen LogP contribution in [0.25, 0.3) is 0 Å². The van der Waals surface area contributed by atoms with E-state index < -0.39 is 5.97 Å². The zero-order valence-corrected chi connectivity index (χ0v) is 15.9. The van der Waals surface area contributed by atoms with Gasteiger partial charge in [-0.05, 0) is 30.7 Å². The fraction of sp³-hybridized carbons (Fsp3) is 0.263. The quantitative estimate of drug-likeness (QED) is 0.546. The van der Waals surface area contributed by atoms with E-state index in [1.165, 1.54) is 12.1 Å². The van der Waals surface area contributed by atoms with Crippen LogP contribution in [0.4, 0.5) is 0 Å². The van der Waals surface area contributed by atoms with E-state index in [9.17, 15) is 4.79 Å². The van der Waals surface area contributed by atoms with Crippen molar-refractivity contribution >= 4 is 29.2 Å². The second-order valence-corrected chi connectivity index (χ2v) is 6.40. The van der Waals surface area contributed by atoms with E-state index in [1.807, 2.05) is 6.07 Å². The highest BCUT2D eigenvalue weighted by molar-refractivity contribution is 6.33. The maximum absolute atomic E-state index is 12.4. The first-order chi connectivity index (χ1) is 13.0. The van der Waals surface area contributed by atoms with Gasteiger partial charge in [0.1, 0.15) is 13.2 Å². The first-order valence-electron chi connectivity index (χ1n) is 8.17. The average Bonchev–Trinajstić information content (AvgIpc) is 2.64. The van der Waals surface area contributed by atoms with Gasteiger partial charge < -0.3 is 18.9 Å². The second kappa shape index (κ2) is 8.38. The molecule has 0 unspecified atom stereocenters. The van der Waals surface area contributed by atoms with Crippen molar-refractivity contribution in [1.29, 1.82) is 5.26 Å². The molecule has 27 heavy (non-hydrogen) atoms. The Morgan fingerprint density at radius 1 is 1.19 bits per heavy atom. The molecule has 3 rings (SSSR count). The molecule has 0 aromatic heterocycles. The molecule has 2 aromatic rings. The van der Waals surface area contributed by atoms with E-state index in [-0.39, 0.29) is 22.9 Å². The van der Waals surface area contributed by atoms with Crippen molar-refractivity contribution in [2.24, 2.45) is 0 Å². The van der Waals surface area contributed by atoms with Crippen molar-refractivity contribution in [2.75, 3.05) is 19.8 Å². The number of benzene rings is 2. The Labute approximate surface area is 166 Å². The van der Waals surface area contributed by atoms with Crippen LogP contribution in [-0.4, -0.2) is 25.8 Å². The van der Waals surface area contributed by atoms with Gasteiger partial charge in [0.15, 0.2) is 23.0 Å². The van der Waals surface area contributed by atoms with Gasteiger partial charge in [-0.15, -0.1) is 0 Å². The molecule has 140 valence electrons. The van der Waals surface area contributed by atoms with Gasteiger partial charge >= 0.3 is 5.97 Å². The zero-order chi connectivity index (χ0) is 19.4. The number of carbonyl (C=O) groups excluding carboxylic acids is 1. The van der Waals surface area contributed by atoms with Gasteiger partial charge in [0, 0.05) is 6.07 Å². The number of ether oxygens (including phenoxy) is 4. The zero-order valence-electron chi connectivity index (χ0n) is 14.4. The molecule has 2 aromatic carbocycles. The van der Waals surface area contributed by atoms with Crippen LogP contribution in [0.5, 0.6) is 23.0 Å². The largest absolute Gasteiger partial charge is 0.490 e. The molecule has 0 radical (unpaired) electrons. The number of rotatable bonds is 5. The lowest BCUT2D eigenvalue weighted by molar-refractivity contribution is -0.133.